The fraction of sp³-hybridized carbons (Fsp3) is 0.172. The van der Waals surface area contributed by atoms with Crippen LogP contribution in [0, 0.1) is 0 Å². The number of pyridine rings is 1. The van der Waals surface area contributed by atoms with E-state index < -0.39 is 12.0 Å². The van der Waals surface area contributed by atoms with Crippen molar-refractivity contribution < 1.29 is 23.5 Å². The summed E-state index contributed by atoms with van der Waals surface area (Å²) in [5, 5.41) is 6.66. The molecule has 0 unspecified atom stereocenters. The molecule has 0 saturated carbocycles. The number of rotatable bonds is 7. The maximum Gasteiger partial charge on any atom is 0.338 e. The Labute approximate surface area is 230 Å². The zero-order valence-electron chi connectivity index (χ0n) is 21.5. The van der Waals surface area contributed by atoms with Crippen molar-refractivity contribution in [1.82, 2.24) is 10.3 Å². The number of carbonyl (C=O) groups is 2. The van der Waals surface area contributed by atoms with Crippen molar-refractivity contribution in [2.75, 3.05) is 24.4 Å². The molecule has 2 N–H and O–H groups in total. The van der Waals surface area contributed by atoms with Gasteiger partial charge in [0.05, 0.1) is 37.2 Å². The molecule has 0 bridgehead atoms. The van der Waals surface area contributed by atoms with Crippen LogP contribution in [0.15, 0.2) is 83.4 Å². The van der Waals surface area contributed by atoms with Gasteiger partial charge in [-0.05, 0) is 60.7 Å². The number of hydrogen-bond acceptors (Lipinski definition) is 7. The van der Waals surface area contributed by atoms with Gasteiger partial charge in [-0.1, -0.05) is 24.3 Å². The monoisotopic (exact) mass is 542 g/mol. The van der Waals surface area contributed by atoms with E-state index >= 15 is 0 Å². The molecular weight excluding hydrogens is 516 g/mol. The number of aromatic nitrogens is 1. The molecule has 1 aliphatic rings. The molecule has 39 heavy (non-hydrogen) atoms. The van der Waals surface area contributed by atoms with Crippen LogP contribution in [0.5, 0.6) is 5.75 Å². The second-order valence-electron chi connectivity index (χ2n) is 8.80. The lowest BCUT2D eigenvalue weighted by molar-refractivity contribution is -0.114. The average Bonchev–Trinajstić information content (AvgIpc) is 3.57. The number of carbonyl (C=O) groups excluding carboxylic acids is 2. The smallest absolute Gasteiger partial charge is 0.338 e. The highest BCUT2D eigenvalue weighted by atomic mass is 32.1. The molecule has 0 spiro atoms. The standard InChI is InChI=1S/C29H26N4O5S/c1-17(34)31-22-16-18(11-12-24(22)36-2)33-27(26(32-29(33)39)21-10-6-7-15-30-21)25-14-13-23(38-25)19-8-4-5-9-20(19)28(35)37-3/h4-16,26-27H,1-3H3,(H,31,34)(H,32,39)/t26-,27+/m0/s1. The first kappa shape index (κ1) is 25.9. The summed E-state index contributed by atoms with van der Waals surface area (Å²) >= 11 is 5.81. The van der Waals surface area contributed by atoms with Crippen molar-refractivity contribution in [3.8, 4) is 17.1 Å². The number of furan rings is 1. The Bertz CT molecular complexity index is 1540. The molecule has 3 heterocycles. The highest BCUT2D eigenvalue weighted by Gasteiger charge is 2.43. The third kappa shape index (κ3) is 5.06. The number of amides is 1. The number of esters is 1. The summed E-state index contributed by atoms with van der Waals surface area (Å²) in [6.07, 6.45) is 1.72. The van der Waals surface area contributed by atoms with Crippen LogP contribution in [-0.4, -0.2) is 36.2 Å². The fourth-order valence-corrected chi connectivity index (χ4v) is 5.04. The molecule has 9 nitrogen and oxygen atoms in total. The maximum absolute atomic E-state index is 12.4. The Morgan fingerprint density at radius 1 is 1.05 bits per heavy atom. The Hall–Kier alpha value is -4.70. The molecule has 2 atom stereocenters. The molecule has 1 saturated heterocycles. The average molecular weight is 543 g/mol. The molecule has 2 aromatic heterocycles. The van der Waals surface area contributed by atoms with Gasteiger partial charge in [-0.2, -0.15) is 0 Å². The van der Waals surface area contributed by atoms with Crippen LogP contribution in [-0.2, 0) is 9.53 Å². The summed E-state index contributed by atoms with van der Waals surface area (Å²) < 4.78 is 16.8. The predicted octanol–water partition coefficient (Wildman–Crippen LogP) is 5.27. The van der Waals surface area contributed by atoms with Crippen molar-refractivity contribution in [3.05, 3.63) is 96.0 Å². The summed E-state index contributed by atoms with van der Waals surface area (Å²) in [5.41, 5.74) is 3.01. The van der Waals surface area contributed by atoms with Gasteiger partial charge < -0.3 is 29.4 Å². The van der Waals surface area contributed by atoms with Gasteiger partial charge in [0.1, 0.15) is 23.3 Å². The minimum Gasteiger partial charge on any atom is -0.495 e. The van der Waals surface area contributed by atoms with Crippen molar-refractivity contribution >= 4 is 40.6 Å². The minimum absolute atomic E-state index is 0.226. The third-order valence-corrected chi connectivity index (χ3v) is 6.70. The van der Waals surface area contributed by atoms with Crippen LogP contribution < -0.4 is 20.3 Å². The van der Waals surface area contributed by atoms with Crippen molar-refractivity contribution in [3.63, 3.8) is 0 Å². The van der Waals surface area contributed by atoms with Crippen LogP contribution in [0.25, 0.3) is 11.3 Å². The summed E-state index contributed by atoms with van der Waals surface area (Å²) in [6, 6.07) is 21.1. The number of ether oxygens (including phenoxy) is 2. The Kier molecular flexibility index (Phi) is 7.29. The van der Waals surface area contributed by atoms with E-state index in [1.54, 1.807) is 37.6 Å². The SMILES string of the molecule is COC(=O)c1ccccc1-c1ccc([C@@H]2[C@H](c3ccccn3)NC(=S)N2c2ccc(OC)c(NC(C)=O)c2)o1. The van der Waals surface area contributed by atoms with Crippen LogP contribution in [0.2, 0.25) is 0 Å². The minimum atomic E-state index is -0.455. The van der Waals surface area contributed by atoms with E-state index in [1.807, 2.05) is 53.4 Å². The van der Waals surface area contributed by atoms with E-state index in [2.05, 4.69) is 15.6 Å². The van der Waals surface area contributed by atoms with Gasteiger partial charge in [0.15, 0.2) is 5.11 Å². The first-order valence-electron chi connectivity index (χ1n) is 12.1. The lowest BCUT2D eigenvalue weighted by Crippen LogP contribution is -2.29. The Morgan fingerprint density at radius 3 is 2.56 bits per heavy atom. The van der Waals surface area contributed by atoms with Crippen molar-refractivity contribution in [2.45, 2.75) is 19.0 Å². The first-order chi connectivity index (χ1) is 18.9. The zero-order chi connectivity index (χ0) is 27.5. The Balaban J connectivity index is 1.62. The summed E-state index contributed by atoms with van der Waals surface area (Å²) in [4.78, 5) is 30.8. The summed E-state index contributed by atoms with van der Waals surface area (Å²) in [6.45, 7) is 1.44. The molecular formula is C29H26N4O5S. The van der Waals surface area contributed by atoms with Crippen LogP contribution in [0.3, 0.4) is 0 Å². The number of methoxy groups -OCH3 is 2. The van der Waals surface area contributed by atoms with Gasteiger partial charge in [-0.25, -0.2) is 4.79 Å². The van der Waals surface area contributed by atoms with E-state index in [0.29, 0.717) is 44.9 Å². The Morgan fingerprint density at radius 2 is 1.85 bits per heavy atom. The molecule has 198 valence electrons. The summed E-state index contributed by atoms with van der Waals surface area (Å²) in [7, 11) is 2.88. The lowest BCUT2D eigenvalue weighted by Gasteiger charge is -2.27. The normalized spacial score (nSPS) is 16.5. The van der Waals surface area contributed by atoms with E-state index in [4.69, 9.17) is 26.1 Å². The van der Waals surface area contributed by atoms with Crippen LogP contribution in [0.4, 0.5) is 11.4 Å². The first-order valence-corrected chi connectivity index (χ1v) is 12.6. The number of nitrogens with zero attached hydrogens (tertiary/aromatic N) is 2. The van der Waals surface area contributed by atoms with E-state index in [0.717, 1.165) is 5.69 Å². The maximum atomic E-state index is 12.4. The molecule has 10 heteroatoms. The number of hydrogen-bond donors (Lipinski definition) is 2. The molecule has 1 aliphatic heterocycles. The highest BCUT2D eigenvalue weighted by Crippen LogP contribution is 2.44. The van der Waals surface area contributed by atoms with Crippen LogP contribution >= 0.6 is 12.2 Å². The fourth-order valence-electron chi connectivity index (χ4n) is 4.70. The molecule has 1 fully saturated rings. The second kappa shape index (κ2) is 11.0. The quantitative estimate of drug-likeness (QED) is 0.239. The van der Waals surface area contributed by atoms with Crippen LogP contribution in [0.1, 0.15) is 40.8 Å². The number of benzene rings is 2. The second-order valence-corrected chi connectivity index (χ2v) is 9.19. The van der Waals surface area contributed by atoms with E-state index in [9.17, 15) is 9.59 Å². The molecule has 4 aromatic rings. The topological polar surface area (TPSA) is 106 Å². The van der Waals surface area contributed by atoms with E-state index in [-0.39, 0.29) is 11.9 Å². The molecule has 2 aromatic carbocycles. The summed E-state index contributed by atoms with van der Waals surface area (Å²) in [5.74, 6) is 0.950. The molecule has 0 aliphatic carbocycles. The van der Waals surface area contributed by atoms with Gasteiger partial charge in [0.25, 0.3) is 0 Å². The van der Waals surface area contributed by atoms with Gasteiger partial charge >= 0.3 is 5.97 Å². The zero-order valence-corrected chi connectivity index (χ0v) is 22.3. The predicted molar refractivity (Wildman–Crippen MR) is 151 cm³/mol. The molecule has 5 rings (SSSR count). The largest absolute Gasteiger partial charge is 0.495 e. The molecule has 1 amide bonds. The number of anilines is 2. The molecule has 0 radical (unpaired) electrons. The van der Waals surface area contributed by atoms with Crippen molar-refractivity contribution in [1.29, 1.82) is 0 Å². The van der Waals surface area contributed by atoms with Gasteiger partial charge in [0.2, 0.25) is 5.91 Å². The van der Waals surface area contributed by atoms with Gasteiger partial charge in [-0.15, -0.1) is 0 Å². The van der Waals surface area contributed by atoms with Gasteiger partial charge in [-0.3, -0.25) is 9.78 Å². The van der Waals surface area contributed by atoms with E-state index in [1.165, 1.54) is 14.0 Å². The van der Waals surface area contributed by atoms with Crippen molar-refractivity contribution in [2.24, 2.45) is 0 Å². The lowest BCUT2D eigenvalue weighted by atomic mass is 10.0. The number of nitrogens with one attached hydrogen (secondary N) is 2. The number of thiocarbonyl (C=S) groups is 1. The highest BCUT2D eigenvalue weighted by molar-refractivity contribution is 7.80. The third-order valence-electron chi connectivity index (χ3n) is 6.39. The van der Waals surface area contributed by atoms with Gasteiger partial charge in [0, 0.05) is 24.4 Å².